The smallest absolute Gasteiger partial charge is 0.323 e. The highest BCUT2D eigenvalue weighted by molar-refractivity contribution is 6.05. The summed E-state index contributed by atoms with van der Waals surface area (Å²) in [6, 6.07) is -0.733. The molecular weight excluding hydrogens is 212 g/mol. The fraction of sp³-hybridized carbons (Fsp3) is 0.700. The van der Waals surface area contributed by atoms with Gasteiger partial charge < -0.3 is 5.11 Å². The second-order valence-electron chi connectivity index (χ2n) is 3.91. The topological polar surface area (TPSA) is 95.5 Å². The molecule has 2 amide bonds. The maximum Gasteiger partial charge on any atom is 0.323 e. The molecule has 90 valence electrons. The first kappa shape index (κ1) is 12.6. The molecule has 6 heteroatoms. The third-order valence-electron chi connectivity index (χ3n) is 3.04. The predicted octanol–water partition coefficient (Wildman–Crippen LogP) is -0.365. The van der Waals surface area contributed by atoms with Gasteiger partial charge in [0.15, 0.2) is 0 Å². The molecule has 1 saturated heterocycles. The SMILES string of the molecule is CCC(CC)(NC1CC(=O)NC1=O)C(=O)O. The maximum absolute atomic E-state index is 11.3. The number of amides is 2. The second kappa shape index (κ2) is 4.61. The lowest BCUT2D eigenvalue weighted by Crippen LogP contribution is -2.57. The zero-order valence-corrected chi connectivity index (χ0v) is 9.37. The van der Waals surface area contributed by atoms with Crippen LogP contribution in [0.5, 0.6) is 0 Å². The monoisotopic (exact) mass is 228 g/mol. The predicted molar refractivity (Wildman–Crippen MR) is 55.6 cm³/mol. The van der Waals surface area contributed by atoms with E-state index >= 15 is 0 Å². The van der Waals surface area contributed by atoms with E-state index in [0.717, 1.165) is 0 Å². The number of imide groups is 1. The molecule has 1 rings (SSSR count). The zero-order chi connectivity index (χ0) is 12.3. The van der Waals surface area contributed by atoms with E-state index in [1.807, 2.05) is 0 Å². The van der Waals surface area contributed by atoms with Crippen LogP contribution in [0.4, 0.5) is 0 Å². The molecular formula is C10H16N2O4. The molecule has 0 aromatic carbocycles. The molecule has 0 bridgehead atoms. The molecule has 3 N–H and O–H groups in total. The molecule has 1 unspecified atom stereocenters. The summed E-state index contributed by atoms with van der Waals surface area (Å²) < 4.78 is 0. The second-order valence-corrected chi connectivity index (χ2v) is 3.91. The number of carbonyl (C=O) groups is 3. The van der Waals surface area contributed by atoms with Crippen LogP contribution < -0.4 is 10.6 Å². The Kier molecular flexibility index (Phi) is 3.64. The van der Waals surface area contributed by atoms with Gasteiger partial charge in [-0.1, -0.05) is 13.8 Å². The van der Waals surface area contributed by atoms with Gasteiger partial charge >= 0.3 is 5.97 Å². The zero-order valence-electron chi connectivity index (χ0n) is 9.37. The summed E-state index contributed by atoms with van der Waals surface area (Å²) in [5.74, 6) is -1.81. The fourth-order valence-corrected chi connectivity index (χ4v) is 1.82. The summed E-state index contributed by atoms with van der Waals surface area (Å²) >= 11 is 0. The van der Waals surface area contributed by atoms with Gasteiger partial charge in [-0.2, -0.15) is 0 Å². The van der Waals surface area contributed by atoms with Gasteiger partial charge in [-0.05, 0) is 12.8 Å². The Morgan fingerprint density at radius 1 is 1.50 bits per heavy atom. The van der Waals surface area contributed by atoms with E-state index in [-0.39, 0.29) is 12.3 Å². The molecule has 1 fully saturated rings. The molecule has 1 aliphatic heterocycles. The van der Waals surface area contributed by atoms with Crippen molar-refractivity contribution in [3.05, 3.63) is 0 Å². The molecule has 0 aliphatic carbocycles. The molecule has 16 heavy (non-hydrogen) atoms. The first-order valence-corrected chi connectivity index (χ1v) is 5.30. The largest absolute Gasteiger partial charge is 0.480 e. The average Bonchev–Trinajstić information content (AvgIpc) is 2.53. The highest BCUT2D eigenvalue weighted by Crippen LogP contribution is 2.18. The van der Waals surface area contributed by atoms with Gasteiger partial charge in [-0.15, -0.1) is 0 Å². The Bertz CT molecular complexity index is 323. The lowest BCUT2D eigenvalue weighted by molar-refractivity contribution is -0.146. The highest BCUT2D eigenvalue weighted by atomic mass is 16.4. The Morgan fingerprint density at radius 2 is 2.06 bits per heavy atom. The number of nitrogens with one attached hydrogen (secondary N) is 2. The van der Waals surface area contributed by atoms with Crippen LogP contribution in [0.25, 0.3) is 0 Å². The Hall–Kier alpha value is -1.43. The van der Waals surface area contributed by atoms with Crippen molar-refractivity contribution < 1.29 is 19.5 Å². The molecule has 1 atom stereocenters. The third-order valence-corrected chi connectivity index (χ3v) is 3.04. The summed E-state index contributed by atoms with van der Waals surface area (Å²) in [6.07, 6.45) is 0.724. The van der Waals surface area contributed by atoms with E-state index in [4.69, 9.17) is 5.11 Å². The standard InChI is InChI=1S/C10H16N2O4/c1-3-10(4-2,9(15)16)12-6-5-7(13)11-8(6)14/h6,12H,3-5H2,1-2H3,(H,15,16)(H,11,13,14). The lowest BCUT2D eigenvalue weighted by atomic mass is 9.91. The van der Waals surface area contributed by atoms with E-state index in [2.05, 4.69) is 10.6 Å². The number of hydrogen-bond donors (Lipinski definition) is 3. The first-order chi connectivity index (χ1) is 7.45. The molecule has 0 saturated carbocycles. The summed E-state index contributed by atoms with van der Waals surface area (Å²) in [7, 11) is 0. The minimum Gasteiger partial charge on any atom is -0.480 e. The average molecular weight is 228 g/mol. The Balaban J connectivity index is 2.80. The van der Waals surface area contributed by atoms with Gasteiger partial charge in [0, 0.05) is 0 Å². The number of carboxylic acids is 1. The van der Waals surface area contributed by atoms with Gasteiger partial charge in [0.2, 0.25) is 11.8 Å². The molecule has 0 aromatic rings. The van der Waals surface area contributed by atoms with Crippen molar-refractivity contribution in [1.29, 1.82) is 0 Å². The summed E-state index contributed by atoms with van der Waals surface area (Å²) in [6.45, 7) is 3.47. The van der Waals surface area contributed by atoms with Crippen molar-refractivity contribution in [2.24, 2.45) is 0 Å². The quantitative estimate of drug-likeness (QED) is 0.558. The maximum atomic E-state index is 11.3. The van der Waals surface area contributed by atoms with Crippen molar-refractivity contribution in [2.75, 3.05) is 0 Å². The van der Waals surface area contributed by atoms with Crippen molar-refractivity contribution in [3.8, 4) is 0 Å². The normalized spacial score (nSPS) is 21.0. The van der Waals surface area contributed by atoms with Crippen LogP contribution in [0.3, 0.4) is 0 Å². The van der Waals surface area contributed by atoms with Crippen LogP contribution >= 0.6 is 0 Å². The summed E-state index contributed by atoms with van der Waals surface area (Å²) in [5.41, 5.74) is -1.13. The first-order valence-electron chi connectivity index (χ1n) is 5.30. The fourth-order valence-electron chi connectivity index (χ4n) is 1.82. The van der Waals surface area contributed by atoms with Gasteiger partial charge in [-0.25, -0.2) is 0 Å². The van der Waals surface area contributed by atoms with Gasteiger partial charge in [0.1, 0.15) is 5.54 Å². The summed E-state index contributed by atoms with van der Waals surface area (Å²) in [4.78, 5) is 33.5. The number of carboxylic acid groups (broad SMARTS) is 1. The Morgan fingerprint density at radius 3 is 2.38 bits per heavy atom. The molecule has 1 aliphatic rings. The van der Waals surface area contributed by atoms with E-state index < -0.39 is 23.5 Å². The van der Waals surface area contributed by atoms with Crippen LogP contribution in [-0.4, -0.2) is 34.5 Å². The third kappa shape index (κ3) is 2.21. The minimum atomic E-state index is -1.13. The van der Waals surface area contributed by atoms with Gasteiger partial charge in [0.25, 0.3) is 0 Å². The molecule has 1 heterocycles. The van der Waals surface area contributed by atoms with Crippen LogP contribution in [-0.2, 0) is 14.4 Å². The van der Waals surface area contributed by atoms with E-state index in [1.165, 1.54) is 0 Å². The van der Waals surface area contributed by atoms with E-state index in [0.29, 0.717) is 12.8 Å². The molecule has 6 nitrogen and oxygen atoms in total. The van der Waals surface area contributed by atoms with E-state index in [9.17, 15) is 14.4 Å². The van der Waals surface area contributed by atoms with Crippen LogP contribution in [0.2, 0.25) is 0 Å². The van der Waals surface area contributed by atoms with Crippen molar-refractivity contribution in [3.63, 3.8) is 0 Å². The number of aliphatic carboxylic acids is 1. The van der Waals surface area contributed by atoms with Crippen LogP contribution in [0.15, 0.2) is 0 Å². The number of rotatable bonds is 5. The number of carbonyl (C=O) groups excluding carboxylic acids is 2. The van der Waals surface area contributed by atoms with Gasteiger partial charge in [0.05, 0.1) is 12.5 Å². The Labute approximate surface area is 93.4 Å². The number of hydrogen-bond acceptors (Lipinski definition) is 4. The summed E-state index contributed by atoms with van der Waals surface area (Å²) in [5, 5.41) is 14.1. The van der Waals surface area contributed by atoms with Crippen molar-refractivity contribution in [1.82, 2.24) is 10.6 Å². The van der Waals surface area contributed by atoms with Crippen molar-refractivity contribution in [2.45, 2.75) is 44.7 Å². The van der Waals surface area contributed by atoms with E-state index in [1.54, 1.807) is 13.8 Å². The highest BCUT2D eigenvalue weighted by Gasteiger charge is 2.41. The molecule has 0 aromatic heterocycles. The van der Waals surface area contributed by atoms with Crippen LogP contribution in [0, 0.1) is 0 Å². The molecule has 0 radical (unpaired) electrons. The lowest BCUT2D eigenvalue weighted by Gasteiger charge is -2.30. The minimum absolute atomic E-state index is 0.00780. The van der Waals surface area contributed by atoms with Gasteiger partial charge in [-0.3, -0.25) is 25.0 Å². The van der Waals surface area contributed by atoms with Crippen LogP contribution in [0.1, 0.15) is 33.1 Å². The molecule has 0 spiro atoms. The van der Waals surface area contributed by atoms with Crippen molar-refractivity contribution >= 4 is 17.8 Å².